The van der Waals surface area contributed by atoms with Crippen molar-refractivity contribution < 1.29 is 50.9 Å². The van der Waals surface area contributed by atoms with Gasteiger partial charge in [0.05, 0.1) is 13.2 Å². The fourth-order valence-electron chi connectivity index (χ4n) is 3.35. The van der Waals surface area contributed by atoms with Crippen molar-refractivity contribution in [1.82, 2.24) is 4.90 Å². The molecule has 2 rings (SSSR count). The SMILES string of the molecule is O=C(O)CCCCCN(C(=O)N1CCOCC1)c1ccc(C(O)(C(F)(F)F)C(F)(F)F)cc1. The van der Waals surface area contributed by atoms with E-state index in [-0.39, 0.29) is 45.0 Å². The zero-order valence-corrected chi connectivity index (χ0v) is 17.5. The number of hydrogen-bond donors (Lipinski definition) is 2. The van der Waals surface area contributed by atoms with Crippen LogP contribution >= 0.6 is 0 Å². The number of carboxylic acids is 1. The monoisotopic (exact) mass is 486 g/mol. The Labute approximate surface area is 185 Å². The van der Waals surface area contributed by atoms with Crippen molar-refractivity contribution in [1.29, 1.82) is 0 Å². The van der Waals surface area contributed by atoms with Gasteiger partial charge in [-0.2, -0.15) is 26.3 Å². The minimum atomic E-state index is -6.01. The molecule has 2 N–H and O–H groups in total. The summed E-state index contributed by atoms with van der Waals surface area (Å²) in [5.41, 5.74) is -6.44. The molecule has 2 amide bonds. The van der Waals surface area contributed by atoms with Crippen molar-refractivity contribution in [3.05, 3.63) is 29.8 Å². The minimum absolute atomic E-state index is 0.0418. The molecule has 1 aliphatic rings. The minimum Gasteiger partial charge on any atom is -0.481 e. The van der Waals surface area contributed by atoms with E-state index in [2.05, 4.69) is 0 Å². The third kappa shape index (κ3) is 6.28. The highest BCUT2D eigenvalue weighted by molar-refractivity contribution is 5.92. The number of nitrogens with zero attached hydrogens (tertiary/aromatic N) is 2. The van der Waals surface area contributed by atoms with E-state index in [9.17, 15) is 41.0 Å². The number of urea groups is 1. The van der Waals surface area contributed by atoms with E-state index >= 15 is 0 Å². The molecule has 1 fully saturated rings. The summed E-state index contributed by atoms with van der Waals surface area (Å²) in [6.07, 6.45) is -10.9. The van der Waals surface area contributed by atoms with Crippen LogP contribution in [-0.2, 0) is 15.1 Å². The van der Waals surface area contributed by atoms with Gasteiger partial charge >= 0.3 is 24.4 Å². The number of alkyl halides is 6. The molecule has 0 aromatic heterocycles. The number of benzene rings is 1. The maximum Gasteiger partial charge on any atom is 0.430 e. The van der Waals surface area contributed by atoms with E-state index in [1.54, 1.807) is 0 Å². The number of hydrogen-bond acceptors (Lipinski definition) is 4. The maximum atomic E-state index is 13.1. The number of halogens is 6. The Morgan fingerprint density at radius 2 is 1.48 bits per heavy atom. The average molecular weight is 486 g/mol. The quantitative estimate of drug-likeness (QED) is 0.430. The van der Waals surface area contributed by atoms with Crippen LogP contribution < -0.4 is 4.90 Å². The van der Waals surface area contributed by atoms with Gasteiger partial charge in [0.15, 0.2) is 0 Å². The lowest BCUT2D eigenvalue weighted by Crippen LogP contribution is -2.54. The van der Waals surface area contributed by atoms with Crippen LogP contribution in [0.2, 0.25) is 0 Å². The number of amides is 2. The van der Waals surface area contributed by atoms with Crippen LogP contribution in [0.3, 0.4) is 0 Å². The number of carbonyl (C=O) groups is 2. The fraction of sp³-hybridized carbons (Fsp3) is 0.600. The van der Waals surface area contributed by atoms with Gasteiger partial charge in [-0.1, -0.05) is 18.6 Å². The number of morpholine rings is 1. The largest absolute Gasteiger partial charge is 0.481 e. The topological polar surface area (TPSA) is 90.3 Å². The molecule has 1 saturated heterocycles. The average Bonchev–Trinajstić information content (AvgIpc) is 2.74. The van der Waals surface area contributed by atoms with Crippen LogP contribution in [-0.4, -0.2) is 72.3 Å². The zero-order valence-electron chi connectivity index (χ0n) is 17.5. The number of carbonyl (C=O) groups excluding carboxylic acids is 1. The molecule has 0 aliphatic carbocycles. The standard InChI is InChI=1S/C20H24F6N2O5/c21-19(22,23)18(32,20(24,25)26)14-5-7-15(8-6-14)28(9-3-1-2-4-16(29)30)17(31)27-10-12-33-13-11-27/h5-8,32H,1-4,9-13H2,(H,29,30). The van der Waals surface area contributed by atoms with Crippen LogP contribution in [0.1, 0.15) is 31.2 Å². The number of ether oxygens (including phenoxy) is 1. The van der Waals surface area contributed by atoms with Crippen molar-refractivity contribution in [2.75, 3.05) is 37.7 Å². The van der Waals surface area contributed by atoms with Crippen molar-refractivity contribution in [3.63, 3.8) is 0 Å². The van der Waals surface area contributed by atoms with E-state index < -0.39 is 35.5 Å². The van der Waals surface area contributed by atoms with E-state index in [0.717, 1.165) is 12.1 Å². The lowest BCUT2D eigenvalue weighted by Gasteiger charge is -2.34. The Morgan fingerprint density at radius 3 is 1.97 bits per heavy atom. The number of carboxylic acid groups (broad SMARTS) is 1. The molecule has 1 aromatic rings. The lowest BCUT2D eigenvalue weighted by atomic mass is 9.92. The molecule has 13 heteroatoms. The third-order valence-corrected chi connectivity index (χ3v) is 5.20. The van der Waals surface area contributed by atoms with E-state index in [0.29, 0.717) is 31.4 Å². The van der Waals surface area contributed by atoms with Gasteiger partial charge in [-0.25, -0.2) is 4.79 Å². The summed E-state index contributed by atoms with van der Waals surface area (Å²) >= 11 is 0. The van der Waals surface area contributed by atoms with E-state index in [1.165, 1.54) is 9.80 Å². The second kappa shape index (κ2) is 10.6. The summed E-state index contributed by atoms with van der Waals surface area (Å²) in [6.45, 7) is 1.14. The van der Waals surface area contributed by atoms with Gasteiger partial charge in [-0.15, -0.1) is 0 Å². The van der Waals surface area contributed by atoms with Gasteiger partial charge in [0.2, 0.25) is 0 Å². The molecule has 186 valence electrons. The van der Waals surface area contributed by atoms with Crippen LogP contribution in [0.15, 0.2) is 24.3 Å². The number of unbranched alkanes of at least 4 members (excludes halogenated alkanes) is 2. The number of aliphatic hydroxyl groups is 1. The van der Waals surface area contributed by atoms with Crippen LogP contribution in [0.4, 0.5) is 36.8 Å². The Kier molecular flexibility index (Phi) is 8.57. The zero-order chi connectivity index (χ0) is 24.9. The van der Waals surface area contributed by atoms with Crippen molar-refractivity contribution in [2.45, 2.75) is 43.6 Å². The van der Waals surface area contributed by atoms with Gasteiger partial charge in [0.25, 0.3) is 5.60 Å². The molecule has 0 atom stereocenters. The first-order valence-electron chi connectivity index (χ1n) is 10.1. The second-order valence-corrected chi connectivity index (χ2v) is 7.49. The molecule has 0 saturated carbocycles. The molecule has 33 heavy (non-hydrogen) atoms. The first kappa shape index (κ1) is 26.7. The second-order valence-electron chi connectivity index (χ2n) is 7.49. The predicted octanol–water partition coefficient (Wildman–Crippen LogP) is 3.90. The molecule has 0 spiro atoms. The maximum absolute atomic E-state index is 13.1. The van der Waals surface area contributed by atoms with Gasteiger partial charge in [0.1, 0.15) is 0 Å². The number of aliphatic carboxylic acids is 1. The summed E-state index contributed by atoms with van der Waals surface area (Å²) in [6, 6.07) is 2.28. The molecular weight excluding hydrogens is 462 g/mol. The number of rotatable bonds is 8. The molecular formula is C20H24F6N2O5. The molecule has 0 unspecified atom stereocenters. The van der Waals surface area contributed by atoms with E-state index in [4.69, 9.17) is 9.84 Å². The highest BCUT2D eigenvalue weighted by Crippen LogP contribution is 2.50. The van der Waals surface area contributed by atoms with Crippen molar-refractivity contribution >= 4 is 17.7 Å². The number of anilines is 1. The molecule has 0 radical (unpaired) electrons. The molecule has 1 aliphatic heterocycles. The fourth-order valence-corrected chi connectivity index (χ4v) is 3.35. The highest BCUT2D eigenvalue weighted by atomic mass is 19.4. The van der Waals surface area contributed by atoms with Crippen molar-refractivity contribution in [2.24, 2.45) is 0 Å². The summed E-state index contributed by atoms with van der Waals surface area (Å²) in [4.78, 5) is 26.2. The van der Waals surface area contributed by atoms with Crippen molar-refractivity contribution in [3.8, 4) is 0 Å². The summed E-state index contributed by atoms with van der Waals surface area (Å²) in [5.74, 6) is -0.978. The van der Waals surface area contributed by atoms with Crippen LogP contribution in [0.25, 0.3) is 0 Å². The smallest absolute Gasteiger partial charge is 0.430 e. The Balaban J connectivity index is 2.28. The Bertz CT molecular complexity index is 793. The lowest BCUT2D eigenvalue weighted by molar-refractivity contribution is -0.376. The third-order valence-electron chi connectivity index (χ3n) is 5.20. The Morgan fingerprint density at radius 1 is 0.939 bits per heavy atom. The summed E-state index contributed by atoms with van der Waals surface area (Å²) in [5, 5.41) is 18.2. The molecule has 1 heterocycles. The van der Waals surface area contributed by atoms with E-state index in [1.807, 2.05) is 0 Å². The molecule has 0 bridgehead atoms. The van der Waals surface area contributed by atoms with Crippen LogP contribution in [0, 0.1) is 0 Å². The molecule has 7 nitrogen and oxygen atoms in total. The first-order valence-corrected chi connectivity index (χ1v) is 10.1. The van der Waals surface area contributed by atoms with Crippen LogP contribution in [0.5, 0.6) is 0 Å². The summed E-state index contributed by atoms with van der Waals surface area (Å²) < 4.78 is 83.9. The summed E-state index contributed by atoms with van der Waals surface area (Å²) in [7, 11) is 0. The molecule has 1 aromatic carbocycles. The van der Waals surface area contributed by atoms with Gasteiger partial charge in [0, 0.05) is 37.3 Å². The van der Waals surface area contributed by atoms with Gasteiger partial charge in [-0.3, -0.25) is 9.69 Å². The van der Waals surface area contributed by atoms with Gasteiger partial charge < -0.3 is 19.8 Å². The normalized spacial score (nSPS) is 15.4. The van der Waals surface area contributed by atoms with Gasteiger partial charge in [-0.05, 0) is 25.0 Å². The first-order chi connectivity index (χ1) is 15.3. The Hall–Kier alpha value is -2.54. The highest BCUT2D eigenvalue weighted by Gasteiger charge is 2.71. The predicted molar refractivity (Wildman–Crippen MR) is 104 cm³/mol.